The molecular weight excluding hydrogens is 246 g/mol. The van der Waals surface area contributed by atoms with Gasteiger partial charge in [0.15, 0.2) is 0 Å². The van der Waals surface area contributed by atoms with Crippen LogP contribution >= 0.6 is 0 Å². The molecule has 1 heterocycles. The Labute approximate surface area is 112 Å². The van der Waals surface area contributed by atoms with Gasteiger partial charge in [0, 0.05) is 32.0 Å². The number of nitrogen functional groups attached to an aromatic ring is 1. The van der Waals surface area contributed by atoms with Gasteiger partial charge in [-0.25, -0.2) is 0 Å². The molecule has 2 N–H and O–H groups in total. The molecule has 6 heteroatoms. The minimum Gasteiger partial charge on any atom is -0.399 e. The molecule has 1 aliphatic rings. The number of nitrogens with zero attached hydrogens (tertiary/aromatic N) is 2. The lowest BCUT2D eigenvalue weighted by Crippen LogP contribution is -2.44. The van der Waals surface area contributed by atoms with E-state index in [2.05, 4.69) is 6.92 Å². The van der Waals surface area contributed by atoms with Crippen LogP contribution in [0.3, 0.4) is 0 Å². The van der Waals surface area contributed by atoms with Gasteiger partial charge in [0.2, 0.25) is 0 Å². The molecule has 0 amide bonds. The maximum atomic E-state index is 11.1. The Morgan fingerprint density at radius 2 is 2.26 bits per heavy atom. The number of piperidine rings is 1. The topological polar surface area (TPSA) is 81.6 Å². The van der Waals surface area contributed by atoms with Gasteiger partial charge in [-0.3, -0.25) is 10.1 Å². The summed E-state index contributed by atoms with van der Waals surface area (Å²) in [6.07, 6.45) is 1.04. The number of nitro benzene ring substituents is 1. The normalized spacial score (nSPS) is 23.4. The number of benzene rings is 1. The Hall–Kier alpha value is -1.82. The van der Waals surface area contributed by atoms with E-state index in [4.69, 9.17) is 10.5 Å². The van der Waals surface area contributed by atoms with Gasteiger partial charge in [0.25, 0.3) is 5.69 Å². The predicted molar refractivity (Wildman–Crippen MR) is 74.3 cm³/mol. The molecule has 0 aliphatic carbocycles. The van der Waals surface area contributed by atoms with Gasteiger partial charge >= 0.3 is 0 Å². The fourth-order valence-corrected chi connectivity index (χ4v) is 2.51. The van der Waals surface area contributed by atoms with Gasteiger partial charge in [0.1, 0.15) is 5.69 Å². The largest absolute Gasteiger partial charge is 0.399 e. The van der Waals surface area contributed by atoms with Crippen LogP contribution < -0.4 is 10.6 Å². The summed E-state index contributed by atoms with van der Waals surface area (Å²) in [6, 6.07) is 4.69. The van der Waals surface area contributed by atoms with E-state index in [-0.39, 0.29) is 16.7 Å². The average molecular weight is 265 g/mol. The molecule has 1 aliphatic heterocycles. The first-order valence-corrected chi connectivity index (χ1v) is 6.34. The van der Waals surface area contributed by atoms with Gasteiger partial charge in [-0.2, -0.15) is 0 Å². The first-order chi connectivity index (χ1) is 9.02. The van der Waals surface area contributed by atoms with Gasteiger partial charge in [-0.1, -0.05) is 6.92 Å². The average Bonchev–Trinajstić information content (AvgIpc) is 2.38. The number of nitrogens with two attached hydrogens (primary N) is 1. The second-order valence-electron chi connectivity index (χ2n) is 4.99. The van der Waals surface area contributed by atoms with Crippen LogP contribution in [0.25, 0.3) is 0 Å². The Bertz CT molecular complexity index is 478. The second kappa shape index (κ2) is 5.44. The smallest absolute Gasteiger partial charge is 0.292 e. The van der Waals surface area contributed by atoms with Crippen molar-refractivity contribution in [3.8, 4) is 0 Å². The van der Waals surface area contributed by atoms with E-state index >= 15 is 0 Å². The minimum atomic E-state index is -0.366. The highest BCUT2D eigenvalue weighted by atomic mass is 16.6. The number of rotatable bonds is 3. The van der Waals surface area contributed by atoms with Gasteiger partial charge in [0.05, 0.1) is 11.0 Å². The molecule has 1 fully saturated rings. The first-order valence-electron chi connectivity index (χ1n) is 6.34. The third-order valence-electron chi connectivity index (χ3n) is 3.73. The number of hydrogen-bond acceptors (Lipinski definition) is 5. The Morgan fingerprint density at radius 3 is 2.89 bits per heavy atom. The Balaban J connectivity index is 2.31. The lowest BCUT2D eigenvalue weighted by molar-refractivity contribution is -0.384. The molecule has 0 spiro atoms. The zero-order chi connectivity index (χ0) is 14.0. The quantitative estimate of drug-likeness (QED) is 0.514. The summed E-state index contributed by atoms with van der Waals surface area (Å²) < 4.78 is 5.44. The van der Waals surface area contributed by atoms with Crippen LogP contribution in [-0.2, 0) is 4.74 Å². The Kier molecular flexibility index (Phi) is 3.90. The summed E-state index contributed by atoms with van der Waals surface area (Å²) >= 11 is 0. The molecule has 0 aromatic heterocycles. The molecular formula is C13H19N3O3. The maximum Gasteiger partial charge on any atom is 0.292 e. The Morgan fingerprint density at radius 1 is 1.53 bits per heavy atom. The fourth-order valence-electron chi connectivity index (χ4n) is 2.51. The van der Waals surface area contributed by atoms with Gasteiger partial charge in [-0.15, -0.1) is 0 Å². The van der Waals surface area contributed by atoms with Crippen molar-refractivity contribution in [2.75, 3.05) is 30.8 Å². The van der Waals surface area contributed by atoms with E-state index in [0.717, 1.165) is 13.0 Å². The SMILES string of the molecule is CO[C@@H]1CN(c2cc(N)ccc2[N+](=O)[O-])CC[C@H]1C. The molecule has 1 aromatic rings. The molecule has 0 bridgehead atoms. The van der Waals surface area contributed by atoms with E-state index in [1.807, 2.05) is 4.90 Å². The van der Waals surface area contributed by atoms with Crippen LogP contribution in [0.4, 0.5) is 17.1 Å². The first kappa shape index (κ1) is 13.6. The lowest BCUT2D eigenvalue weighted by Gasteiger charge is -2.37. The van der Waals surface area contributed by atoms with Crippen LogP contribution in [0.5, 0.6) is 0 Å². The summed E-state index contributed by atoms with van der Waals surface area (Å²) in [7, 11) is 1.68. The number of methoxy groups -OCH3 is 1. The van der Waals surface area contributed by atoms with Crippen molar-refractivity contribution in [3.63, 3.8) is 0 Å². The van der Waals surface area contributed by atoms with E-state index in [0.29, 0.717) is 23.8 Å². The molecule has 2 rings (SSSR count). The van der Waals surface area contributed by atoms with E-state index in [9.17, 15) is 10.1 Å². The number of anilines is 2. The third kappa shape index (κ3) is 2.78. The van der Waals surface area contributed by atoms with Crippen LogP contribution in [0.1, 0.15) is 13.3 Å². The number of nitro groups is 1. The standard InChI is InChI=1S/C13H19N3O3/c1-9-5-6-15(8-13(9)19-2)12-7-10(14)3-4-11(12)16(17)18/h3-4,7,9,13H,5-6,8,14H2,1-2H3/t9-,13-/m1/s1. The predicted octanol–water partition coefficient (Wildman–Crippen LogP) is 2.04. The third-order valence-corrected chi connectivity index (χ3v) is 3.73. The van der Waals surface area contributed by atoms with E-state index in [1.54, 1.807) is 19.2 Å². The van der Waals surface area contributed by atoms with Crippen molar-refractivity contribution in [1.82, 2.24) is 0 Å². The molecule has 0 radical (unpaired) electrons. The van der Waals surface area contributed by atoms with Crippen LogP contribution in [0, 0.1) is 16.0 Å². The number of hydrogen-bond donors (Lipinski definition) is 1. The van der Waals surface area contributed by atoms with Crippen molar-refractivity contribution in [3.05, 3.63) is 28.3 Å². The highest BCUT2D eigenvalue weighted by Crippen LogP contribution is 2.33. The molecule has 6 nitrogen and oxygen atoms in total. The van der Waals surface area contributed by atoms with E-state index < -0.39 is 0 Å². The zero-order valence-electron chi connectivity index (χ0n) is 11.2. The van der Waals surface area contributed by atoms with Crippen molar-refractivity contribution < 1.29 is 9.66 Å². The van der Waals surface area contributed by atoms with Crippen molar-refractivity contribution in [1.29, 1.82) is 0 Å². The molecule has 1 saturated heterocycles. The summed E-state index contributed by atoms with van der Waals surface area (Å²) in [5.41, 5.74) is 6.96. The molecule has 104 valence electrons. The van der Waals surface area contributed by atoms with Crippen LogP contribution in [-0.4, -0.2) is 31.2 Å². The molecule has 19 heavy (non-hydrogen) atoms. The maximum absolute atomic E-state index is 11.1. The highest BCUT2D eigenvalue weighted by Gasteiger charge is 2.29. The van der Waals surface area contributed by atoms with Crippen LogP contribution in [0.15, 0.2) is 18.2 Å². The number of ether oxygens (including phenoxy) is 1. The fraction of sp³-hybridized carbons (Fsp3) is 0.538. The monoisotopic (exact) mass is 265 g/mol. The highest BCUT2D eigenvalue weighted by molar-refractivity contribution is 5.69. The molecule has 2 atom stereocenters. The zero-order valence-corrected chi connectivity index (χ0v) is 11.2. The summed E-state index contributed by atoms with van der Waals surface area (Å²) in [6.45, 7) is 3.58. The molecule has 0 saturated carbocycles. The summed E-state index contributed by atoms with van der Waals surface area (Å²) in [4.78, 5) is 12.7. The van der Waals surface area contributed by atoms with E-state index in [1.165, 1.54) is 6.07 Å². The van der Waals surface area contributed by atoms with Crippen molar-refractivity contribution in [2.24, 2.45) is 5.92 Å². The molecule has 0 unspecified atom stereocenters. The minimum absolute atomic E-state index is 0.0924. The van der Waals surface area contributed by atoms with Crippen LogP contribution in [0.2, 0.25) is 0 Å². The summed E-state index contributed by atoms with van der Waals surface area (Å²) in [5.74, 6) is 0.460. The van der Waals surface area contributed by atoms with Gasteiger partial charge < -0.3 is 15.4 Å². The molecule has 1 aromatic carbocycles. The summed E-state index contributed by atoms with van der Waals surface area (Å²) in [5, 5.41) is 11.1. The van der Waals surface area contributed by atoms with Crippen molar-refractivity contribution >= 4 is 17.1 Å². The van der Waals surface area contributed by atoms with Gasteiger partial charge in [-0.05, 0) is 24.5 Å². The lowest BCUT2D eigenvalue weighted by atomic mass is 9.95. The van der Waals surface area contributed by atoms with Crippen molar-refractivity contribution in [2.45, 2.75) is 19.4 Å². The second-order valence-corrected chi connectivity index (χ2v) is 4.99.